The zero-order valence-electron chi connectivity index (χ0n) is 12.1. The van der Waals surface area contributed by atoms with E-state index in [-0.39, 0.29) is 5.91 Å². The van der Waals surface area contributed by atoms with Gasteiger partial charge in [0, 0.05) is 25.1 Å². The maximum atomic E-state index is 11.7. The Morgan fingerprint density at radius 1 is 1.43 bits per heavy atom. The summed E-state index contributed by atoms with van der Waals surface area (Å²) in [6, 6.07) is 5.18. The zero-order chi connectivity index (χ0) is 15.2. The molecule has 7 heteroatoms. The van der Waals surface area contributed by atoms with Crippen LogP contribution in [-0.2, 0) is 6.42 Å². The number of carbonyl (C=O) groups excluding carboxylic acids is 1. The van der Waals surface area contributed by atoms with Gasteiger partial charge in [0.15, 0.2) is 5.82 Å². The summed E-state index contributed by atoms with van der Waals surface area (Å²) in [5.74, 6) is 1.07. The first-order valence-electron chi connectivity index (χ1n) is 6.81. The number of benzene rings is 1. The van der Waals surface area contributed by atoms with Crippen LogP contribution in [-0.4, -0.2) is 29.1 Å². The SMILES string of the molecule is CCNC(=O)c1ccc(NCCc2nc(C)no2)c(N)c1. The molecule has 21 heavy (non-hydrogen) atoms. The van der Waals surface area contributed by atoms with Crippen molar-refractivity contribution in [1.29, 1.82) is 0 Å². The quantitative estimate of drug-likeness (QED) is 0.693. The molecule has 2 aromatic rings. The van der Waals surface area contributed by atoms with Crippen LogP contribution in [0.4, 0.5) is 11.4 Å². The normalized spacial score (nSPS) is 10.4. The zero-order valence-corrected chi connectivity index (χ0v) is 12.1. The molecule has 0 aliphatic heterocycles. The largest absolute Gasteiger partial charge is 0.397 e. The molecule has 0 spiro atoms. The van der Waals surface area contributed by atoms with Crippen molar-refractivity contribution in [3.05, 3.63) is 35.5 Å². The number of carbonyl (C=O) groups is 1. The van der Waals surface area contributed by atoms with Gasteiger partial charge in [0.25, 0.3) is 5.91 Å². The lowest BCUT2D eigenvalue weighted by molar-refractivity contribution is 0.0956. The third-order valence-corrected chi connectivity index (χ3v) is 2.88. The van der Waals surface area contributed by atoms with Crippen molar-refractivity contribution in [2.75, 3.05) is 24.1 Å². The maximum absolute atomic E-state index is 11.7. The van der Waals surface area contributed by atoms with E-state index < -0.39 is 0 Å². The molecule has 0 atom stereocenters. The van der Waals surface area contributed by atoms with Gasteiger partial charge in [-0.15, -0.1) is 0 Å². The van der Waals surface area contributed by atoms with Crippen molar-refractivity contribution in [3.63, 3.8) is 0 Å². The Morgan fingerprint density at radius 3 is 2.86 bits per heavy atom. The van der Waals surface area contributed by atoms with Gasteiger partial charge in [-0.3, -0.25) is 4.79 Å². The van der Waals surface area contributed by atoms with Crippen molar-refractivity contribution in [1.82, 2.24) is 15.5 Å². The number of hydrogen-bond donors (Lipinski definition) is 3. The van der Waals surface area contributed by atoms with E-state index in [9.17, 15) is 4.79 Å². The van der Waals surface area contributed by atoms with Gasteiger partial charge in [0.05, 0.1) is 11.4 Å². The fraction of sp³-hybridized carbons (Fsp3) is 0.357. The lowest BCUT2D eigenvalue weighted by Crippen LogP contribution is -2.22. The van der Waals surface area contributed by atoms with E-state index in [0.717, 1.165) is 5.69 Å². The number of nitrogen functional groups attached to an aromatic ring is 1. The van der Waals surface area contributed by atoms with E-state index in [1.807, 2.05) is 6.92 Å². The highest BCUT2D eigenvalue weighted by atomic mass is 16.5. The Balaban J connectivity index is 1.93. The topological polar surface area (TPSA) is 106 Å². The smallest absolute Gasteiger partial charge is 0.251 e. The first kappa shape index (κ1) is 14.8. The highest BCUT2D eigenvalue weighted by Gasteiger charge is 2.08. The number of amides is 1. The lowest BCUT2D eigenvalue weighted by atomic mass is 10.1. The van der Waals surface area contributed by atoms with Gasteiger partial charge in [-0.05, 0) is 32.0 Å². The average molecular weight is 289 g/mol. The molecule has 4 N–H and O–H groups in total. The van der Waals surface area contributed by atoms with Gasteiger partial charge in [-0.25, -0.2) is 0 Å². The molecule has 1 aromatic carbocycles. The molecular weight excluding hydrogens is 270 g/mol. The minimum absolute atomic E-state index is 0.128. The summed E-state index contributed by atoms with van der Waals surface area (Å²) < 4.78 is 5.02. The number of anilines is 2. The Morgan fingerprint density at radius 2 is 2.24 bits per heavy atom. The predicted octanol–water partition coefficient (Wildman–Crippen LogP) is 1.36. The third-order valence-electron chi connectivity index (χ3n) is 2.88. The summed E-state index contributed by atoms with van der Waals surface area (Å²) >= 11 is 0. The second kappa shape index (κ2) is 6.74. The van der Waals surface area contributed by atoms with Crippen LogP contribution in [0.3, 0.4) is 0 Å². The molecule has 2 rings (SSSR count). The summed E-state index contributed by atoms with van der Waals surface area (Å²) in [6.45, 7) is 4.85. The van der Waals surface area contributed by atoms with Crippen molar-refractivity contribution in [2.45, 2.75) is 20.3 Å². The highest BCUT2D eigenvalue weighted by molar-refractivity contribution is 5.96. The summed E-state index contributed by atoms with van der Waals surface area (Å²) in [5.41, 5.74) is 7.80. The van der Waals surface area contributed by atoms with Crippen LogP contribution in [0.5, 0.6) is 0 Å². The van der Waals surface area contributed by atoms with Crippen LogP contribution in [0.15, 0.2) is 22.7 Å². The second-order valence-electron chi connectivity index (χ2n) is 4.57. The highest BCUT2D eigenvalue weighted by Crippen LogP contribution is 2.19. The number of nitrogens with zero attached hydrogens (tertiary/aromatic N) is 2. The maximum Gasteiger partial charge on any atom is 0.251 e. The van der Waals surface area contributed by atoms with Gasteiger partial charge in [-0.2, -0.15) is 4.98 Å². The molecule has 7 nitrogen and oxygen atoms in total. The second-order valence-corrected chi connectivity index (χ2v) is 4.57. The van der Waals surface area contributed by atoms with Crippen LogP contribution in [0.2, 0.25) is 0 Å². The molecule has 0 saturated heterocycles. The molecule has 1 heterocycles. The Hall–Kier alpha value is -2.57. The molecule has 112 valence electrons. The van der Waals surface area contributed by atoms with Crippen LogP contribution < -0.4 is 16.4 Å². The van der Waals surface area contributed by atoms with E-state index in [1.165, 1.54) is 0 Å². The minimum atomic E-state index is -0.128. The van der Waals surface area contributed by atoms with E-state index in [0.29, 0.717) is 42.5 Å². The van der Waals surface area contributed by atoms with Gasteiger partial charge in [0.1, 0.15) is 0 Å². The molecular formula is C14H19N5O2. The summed E-state index contributed by atoms with van der Waals surface area (Å²) in [7, 11) is 0. The number of aryl methyl sites for hydroxylation is 1. The van der Waals surface area contributed by atoms with Crippen LogP contribution in [0.1, 0.15) is 29.0 Å². The van der Waals surface area contributed by atoms with Crippen molar-refractivity contribution in [3.8, 4) is 0 Å². The molecule has 0 fully saturated rings. The van der Waals surface area contributed by atoms with E-state index in [1.54, 1.807) is 25.1 Å². The molecule has 0 aliphatic rings. The number of nitrogens with one attached hydrogen (secondary N) is 2. The Bertz CT molecular complexity index is 624. The third kappa shape index (κ3) is 3.95. The van der Waals surface area contributed by atoms with E-state index in [4.69, 9.17) is 10.3 Å². The first-order chi connectivity index (χ1) is 10.1. The number of rotatable bonds is 6. The standard InChI is InChI=1S/C14H19N5O2/c1-3-16-14(20)10-4-5-12(11(15)8-10)17-7-6-13-18-9(2)19-21-13/h4-5,8,17H,3,6-7,15H2,1-2H3,(H,16,20). The summed E-state index contributed by atoms with van der Waals surface area (Å²) in [5, 5.41) is 9.64. The van der Waals surface area contributed by atoms with Crippen LogP contribution in [0.25, 0.3) is 0 Å². The molecule has 0 aliphatic carbocycles. The molecule has 0 saturated carbocycles. The van der Waals surface area contributed by atoms with Crippen molar-refractivity contribution in [2.24, 2.45) is 0 Å². The van der Waals surface area contributed by atoms with Gasteiger partial charge in [0.2, 0.25) is 5.89 Å². The molecule has 0 radical (unpaired) electrons. The first-order valence-corrected chi connectivity index (χ1v) is 6.81. The fourth-order valence-corrected chi connectivity index (χ4v) is 1.87. The Kier molecular flexibility index (Phi) is 4.76. The predicted molar refractivity (Wildman–Crippen MR) is 80.1 cm³/mol. The monoisotopic (exact) mass is 289 g/mol. The number of nitrogens with two attached hydrogens (primary N) is 1. The minimum Gasteiger partial charge on any atom is -0.397 e. The fourth-order valence-electron chi connectivity index (χ4n) is 1.87. The lowest BCUT2D eigenvalue weighted by Gasteiger charge is -2.10. The summed E-state index contributed by atoms with van der Waals surface area (Å²) in [4.78, 5) is 15.8. The average Bonchev–Trinajstić information content (AvgIpc) is 2.86. The van der Waals surface area contributed by atoms with Crippen molar-refractivity contribution >= 4 is 17.3 Å². The molecule has 0 unspecified atom stereocenters. The van der Waals surface area contributed by atoms with Crippen LogP contribution in [0, 0.1) is 6.92 Å². The van der Waals surface area contributed by atoms with Crippen LogP contribution >= 0.6 is 0 Å². The number of aromatic nitrogens is 2. The van der Waals surface area contributed by atoms with Crippen molar-refractivity contribution < 1.29 is 9.32 Å². The molecule has 1 amide bonds. The number of hydrogen-bond acceptors (Lipinski definition) is 6. The Labute approximate surface area is 122 Å². The van der Waals surface area contributed by atoms with Gasteiger partial charge >= 0.3 is 0 Å². The van der Waals surface area contributed by atoms with E-state index >= 15 is 0 Å². The van der Waals surface area contributed by atoms with Gasteiger partial charge in [-0.1, -0.05) is 5.16 Å². The van der Waals surface area contributed by atoms with Gasteiger partial charge < -0.3 is 20.9 Å². The molecule has 1 aromatic heterocycles. The van der Waals surface area contributed by atoms with E-state index in [2.05, 4.69) is 20.8 Å². The molecule has 0 bridgehead atoms. The summed E-state index contributed by atoms with van der Waals surface area (Å²) in [6.07, 6.45) is 0.609.